The SMILES string of the molecule is CC(C)(C)OCCOC(=O)[C@@H]1CC[C@H](N)C1. The molecule has 1 fully saturated rings. The zero-order valence-corrected chi connectivity index (χ0v) is 10.5. The Morgan fingerprint density at radius 1 is 1.31 bits per heavy atom. The summed E-state index contributed by atoms with van der Waals surface area (Å²) in [5, 5.41) is 0. The van der Waals surface area contributed by atoms with Crippen LogP contribution in [0.2, 0.25) is 0 Å². The first-order valence-electron chi connectivity index (χ1n) is 5.94. The van der Waals surface area contributed by atoms with E-state index in [1.165, 1.54) is 0 Å². The van der Waals surface area contributed by atoms with Crippen molar-refractivity contribution in [2.75, 3.05) is 13.2 Å². The lowest BCUT2D eigenvalue weighted by atomic mass is 10.1. The van der Waals surface area contributed by atoms with Crippen molar-refractivity contribution in [3.8, 4) is 0 Å². The van der Waals surface area contributed by atoms with Gasteiger partial charge in [-0.25, -0.2) is 0 Å². The van der Waals surface area contributed by atoms with Crippen LogP contribution in [0, 0.1) is 5.92 Å². The maximum absolute atomic E-state index is 11.6. The summed E-state index contributed by atoms with van der Waals surface area (Å²) in [4.78, 5) is 11.6. The maximum atomic E-state index is 11.6. The van der Waals surface area contributed by atoms with Gasteiger partial charge in [-0.3, -0.25) is 4.79 Å². The third kappa shape index (κ3) is 4.94. The van der Waals surface area contributed by atoms with E-state index in [4.69, 9.17) is 15.2 Å². The van der Waals surface area contributed by atoms with Crippen molar-refractivity contribution in [1.82, 2.24) is 0 Å². The van der Waals surface area contributed by atoms with E-state index in [1.807, 2.05) is 20.8 Å². The second kappa shape index (κ2) is 5.64. The lowest BCUT2D eigenvalue weighted by molar-refractivity contribution is -0.151. The van der Waals surface area contributed by atoms with Crippen LogP contribution in [0.1, 0.15) is 40.0 Å². The van der Waals surface area contributed by atoms with Gasteiger partial charge < -0.3 is 15.2 Å². The Kier molecular flexibility index (Phi) is 4.74. The van der Waals surface area contributed by atoms with Gasteiger partial charge in [-0.15, -0.1) is 0 Å². The lowest BCUT2D eigenvalue weighted by Crippen LogP contribution is -2.24. The Hall–Kier alpha value is -0.610. The van der Waals surface area contributed by atoms with E-state index in [2.05, 4.69) is 0 Å². The summed E-state index contributed by atoms with van der Waals surface area (Å²) in [5.74, 6) is -0.116. The monoisotopic (exact) mass is 229 g/mol. The van der Waals surface area contributed by atoms with Gasteiger partial charge in [-0.05, 0) is 40.0 Å². The van der Waals surface area contributed by atoms with E-state index < -0.39 is 0 Å². The van der Waals surface area contributed by atoms with Gasteiger partial charge in [0, 0.05) is 6.04 Å². The fraction of sp³-hybridized carbons (Fsp3) is 0.917. The van der Waals surface area contributed by atoms with Gasteiger partial charge >= 0.3 is 5.97 Å². The van der Waals surface area contributed by atoms with Crippen molar-refractivity contribution in [2.24, 2.45) is 11.7 Å². The van der Waals surface area contributed by atoms with Crippen LogP contribution in [0.3, 0.4) is 0 Å². The number of hydrogen-bond donors (Lipinski definition) is 1. The number of hydrogen-bond acceptors (Lipinski definition) is 4. The third-order valence-corrected chi connectivity index (χ3v) is 2.67. The van der Waals surface area contributed by atoms with Gasteiger partial charge in [0.1, 0.15) is 6.61 Å². The molecule has 0 aromatic rings. The van der Waals surface area contributed by atoms with Crippen molar-refractivity contribution in [3.63, 3.8) is 0 Å². The molecule has 16 heavy (non-hydrogen) atoms. The average molecular weight is 229 g/mol. The highest BCUT2D eigenvalue weighted by Gasteiger charge is 2.28. The Balaban J connectivity index is 2.11. The van der Waals surface area contributed by atoms with E-state index in [-0.39, 0.29) is 23.5 Å². The molecule has 0 heterocycles. The summed E-state index contributed by atoms with van der Waals surface area (Å²) >= 11 is 0. The standard InChI is InChI=1S/C12H23NO3/c1-12(2,3)16-7-6-15-11(14)9-4-5-10(13)8-9/h9-10H,4-8,13H2,1-3H3/t9-,10+/m1/s1. The third-order valence-electron chi connectivity index (χ3n) is 2.67. The molecule has 0 unspecified atom stereocenters. The Bertz CT molecular complexity index is 235. The minimum absolute atomic E-state index is 0.00429. The zero-order valence-electron chi connectivity index (χ0n) is 10.5. The molecule has 1 saturated carbocycles. The van der Waals surface area contributed by atoms with Crippen LogP contribution in [0.15, 0.2) is 0 Å². The molecule has 1 aliphatic carbocycles. The van der Waals surface area contributed by atoms with Crippen LogP contribution in [0.4, 0.5) is 0 Å². The molecule has 0 spiro atoms. The fourth-order valence-corrected chi connectivity index (χ4v) is 1.84. The summed E-state index contributed by atoms with van der Waals surface area (Å²) in [6.45, 7) is 6.72. The van der Waals surface area contributed by atoms with Gasteiger partial charge in [-0.1, -0.05) is 0 Å². The summed E-state index contributed by atoms with van der Waals surface area (Å²) in [6.07, 6.45) is 2.55. The summed E-state index contributed by atoms with van der Waals surface area (Å²) in [7, 11) is 0. The molecule has 0 amide bonds. The topological polar surface area (TPSA) is 61.5 Å². The minimum Gasteiger partial charge on any atom is -0.463 e. The van der Waals surface area contributed by atoms with Crippen molar-refractivity contribution in [3.05, 3.63) is 0 Å². The predicted octanol–water partition coefficient (Wildman–Crippen LogP) is 1.47. The van der Waals surface area contributed by atoms with Crippen LogP contribution < -0.4 is 5.73 Å². The highest BCUT2D eigenvalue weighted by atomic mass is 16.6. The van der Waals surface area contributed by atoms with Crippen LogP contribution in [0.5, 0.6) is 0 Å². The number of carbonyl (C=O) groups is 1. The Morgan fingerprint density at radius 2 is 2.00 bits per heavy atom. The first-order chi connectivity index (χ1) is 7.38. The van der Waals surface area contributed by atoms with E-state index in [0.29, 0.717) is 13.2 Å². The normalized spacial score (nSPS) is 25.8. The Labute approximate surface area is 97.5 Å². The molecule has 2 atom stereocenters. The molecular weight excluding hydrogens is 206 g/mol. The van der Waals surface area contributed by atoms with Gasteiger partial charge in [-0.2, -0.15) is 0 Å². The molecule has 4 nitrogen and oxygen atoms in total. The van der Waals surface area contributed by atoms with Crippen LogP contribution in [-0.2, 0) is 14.3 Å². The molecule has 0 saturated heterocycles. The molecule has 94 valence electrons. The van der Waals surface area contributed by atoms with Crippen molar-refractivity contribution in [2.45, 2.75) is 51.7 Å². The molecule has 0 aromatic carbocycles. The lowest BCUT2D eigenvalue weighted by Gasteiger charge is -2.19. The van der Waals surface area contributed by atoms with E-state index in [1.54, 1.807) is 0 Å². The second-order valence-corrected chi connectivity index (χ2v) is 5.40. The molecule has 0 aromatic heterocycles. The van der Waals surface area contributed by atoms with Crippen LogP contribution in [0.25, 0.3) is 0 Å². The highest BCUT2D eigenvalue weighted by molar-refractivity contribution is 5.72. The van der Waals surface area contributed by atoms with E-state index in [0.717, 1.165) is 19.3 Å². The minimum atomic E-state index is -0.178. The van der Waals surface area contributed by atoms with Gasteiger partial charge in [0.2, 0.25) is 0 Å². The predicted molar refractivity (Wildman–Crippen MR) is 62.0 cm³/mol. The first-order valence-corrected chi connectivity index (χ1v) is 5.94. The molecule has 0 bridgehead atoms. The molecular formula is C12H23NO3. The van der Waals surface area contributed by atoms with Crippen molar-refractivity contribution >= 4 is 5.97 Å². The van der Waals surface area contributed by atoms with Crippen molar-refractivity contribution in [1.29, 1.82) is 0 Å². The quantitative estimate of drug-likeness (QED) is 0.586. The molecule has 2 N–H and O–H groups in total. The molecule has 1 rings (SSSR count). The molecule has 1 aliphatic rings. The van der Waals surface area contributed by atoms with Crippen LogP contribution in [-0.4, -0.2) is 30.8 Å². The fourth-order valence-electron chi connectivity index (χ4n) is 1.84. The second-order valence-electron chi connectivity index (χ2n) is 5.40. The molecule has 0 radical (unpaired) electrons. The summed E-state index contributed by atoms with van der Waals surface area (Å²) < 4.78 is 10.6. The number of rotatable bonds is 4. The van der Waals surface area contributed by atoms with E-state index >= 15 is 0 Å². The average Bonchev–Trinajstić information content (AvgIpc) is 2.57. The number of ether oxygens (including phenoxy) is 2. The number of nitrogens with two attached hydrogens (primary N) is 1. The van der Waals surface area contributed by atoms with Crippen LogP contribution >= 0.6 is 0 Å². The Morgan fingerprint density at radius 3 is 2.50 bits per heavy atom. The molecule has 0 aliphatic heterocycles. The van der Waals surface area contributed by atoms with E-state index in [9.17, 15) is 4.79 Å². The van der Waals surface area contributed by atoms with Gasteiger partial charge in [0.25, 0.3) is 0 Å². The number of carbonyl (C=O) groups excluding carboxylic acids is 1. The number of esters is 1. The first kappa shape index (κ1) is 13.5. The van der Waals surface area contributed by atoms with Gasteiger partial charge in [0.15, 0.2) is 0 Å². The smallest absolute Gasteiger partial charge is 0.309 e. The van der Waals surface area contributed by atoms with Crippen molar-refractivity contribution < 1.29 is 14.3 Å². The largest absolute Gasteiger partial charge is 0.463 e. The zero-order chi connectivity index (χ0) is 12.2. The summed E-state index contributed by atoms with van der Waals surface area (Å²) in [6, 6.07) is 0.170. The summed E-state index contributed by atoms with van der Waals surface area (Å²) in [5.41, 5.74) is 5.56. The maximum Gasteiger partial charge on any atom is 0.309 e. The highest BCUT2D eigenvalue weighted by Crippen LogP contribution is 2.25. The molecule has 4 heteroatoms. The van der Waals surface area contributed by atoms with Gasteiger partial charge in [0.05, 0.1) is 18.1 Å².